The van der Waals surface area contributed by atoms with Crippen molar-refractivity contribution in [2.24, 2.45) is 5.92 Å². The lowest BCUT2D eigenvalue weighted by molar-refractivity contribution is 0.404. The first-order valence-electron chi connectivity index (χ1n) is 7.97. The molecule has 0 amide bonds. The van der Waals surface area contributed by atoms with Crippen LogP contribution < -0.4 is 4.74 Å². The Hall–Kier alpha value is -2.13. The molecule has 23 heavy (non-hydrogen) atoms. The summed E-state index contributed by atoms with van der Waals surface area (Å²) < 4.78 is 6.12. The minimum atomic E-state index is 0.335. The van der Waals surface area contributed by atoms with Crippen LogP contribution in [-0.2, 0) is 0 Å². The van der Waals surface area contributed by atoms with E-state index in [1.807, 2.05) is 17.4 Å². The Bertz CT molecular complexity index is 866. The van der Waals surface area contributed by atoms with Crippen LogP contribution >= 0.6 is 11.3 Å². The van der Waals surface area contributed by atoms with E-state index in [0.29, 0.717) is 11.8 Å². The highest BCUT2D eigenvalue weighted by Crippen LogP contribution is 2.47. The molecule has 1 unspecified atom stereocenters. The first-order valence-corrected chi connectivity index (χ1v) is 8.78. The van der Waals surface area contributed by atoms with Crippen LogP contribution in [-0.4, -0.2) is 4.98 Å². The summed E-state index contributed by atoms with van der Waals surface area (Å²) in [5.74, 6) is 2.52. The molecule has 4 rings (SSSR count). The molecular formula is C20H19NOS. The highest BCUT2D eigenvalue weighted by Gasteiger charge is 2.30. The third kappa shape index (κ3) is 2.45. The van der Waals surface area contributed by atoms with Crippen molar-refractivity contribution < 1.29 is 4.74 Å². The smallest absolute Gasteiger partial charge is 0.223 e. The number of ether oxygens (including phenoxy) is 1. The number of fused-ring (bicyclic) bond motifs is 2. The Morgan fingerprint density at radius 3 is 2.70 bits per heavy atom. The first-order chi connectivity index (χ1) is 11.1. The number of aromatic nitrogens is 1. The summed E-state index contributed by atoms with van der Waals surface area (Å²) in [4.78, 5) is 7.04. The van der Waals surface area contributed by atoms with Crippen LogP contribution in [0.15, 0.2) is 48.7 Å². The van der Waals surface area contributed by atoms with Gasteiger partial charge in [-0.3, -0.25) is 0 Å². The molecule has 1 aliphatic rings. The van der Waals surface area contributed by atoms with Crippen LogP contribution in [0.3, 0.4) is 0 Å². The predicted molar refractivity (Wildman–Crippen MR) is 95.5 cm³/mol. The maximum Gasteiger partial charge on any atom is 0.223 e. The van der Waals surface area contributed by atoms with Crippen molar-refractivity contribution in [3.63, 3.8) is 0 Å². The van der Waals surface area contributed by atoms with Gasteiger partial charge in [0.15, 0.2) is 0 Å². The number of nitrogens with zero attached hydrogens (tertiary/aromatic N) is 1. The number of aryl methyl sites for hydroxylation is 1. The van der Waals surface area contributed by atoms with Crippen molar-refractivity contribution in [2.45, 2.75) is 26.7 Å². The molecule has 116 valence electrons. The van der Waals surface area contributed by atoms with E-state index < -0.39 is 0 Å². The van der Waals surface area contributed by atoms with E-state index in [1.165, 1.54) is 26.4 Å². The average molecular weight is 321 g/mol. The van der Waals surface area contributed by atoms with Crippen molar-refractivity contribution in [1.82, 2.24) is 4.98 Å². The van der Waals surface area contributed by atoms with E-state index in [-0.39, 0.29) is 0 Å². The molecule has 1 atom stereocenters. The first kappa shape index (κ1) is 14.5. The maximum atomic E-state index is 6.12. The fourth-order valence-electron chi connectivity index (χ4n) is 3.34. The van der Waals surface area contributed by atoms with Gasteiger partial charge >= 0.3 is 0 Å². The van der Waals surface area contributed by atoms with Gasteiger partial charge in [-0.05, 0) is 42.7 Å². The SMILES string of the molecule is Cc1ccc(-c2ccc3c(c2)Oc2ncccc2C3C(C)C)s1. The lowest BCUT2D eigenvalue weighted by Crippen LogP contribution is -2.15. The highest BCUT2D eigenvalue weighted by atomic mass is 32.1. The number of hydrogen-bond acceptors (Lipinski definition) is 3. The van der Waals surface area contributed by atoms with Crippen LogP contribution in [0.25, 0.3) is 10.4 Å². The number of pyridine rings is 1. The lowest BCUT2D eigenvalue weighted by Gasteiger charge is -2.30. The standard InChI is InChI=1S/C20H19NOS/c1-12(2)19-15-8-7-14(18-9-6-13(3)23-18)11-17(15)22-20-16(19)5-4-10-21-20/h4-12,19H,1-3H3. The Kier molecular flexibility index (Phi) is 3.46. The van der Waals surface area contributed by atoms with Gasteiger partial charge in [-0.25, -0.2) is 4.98 Å². The van der Waals surface area contributed by atoms with Crippen molar-refractivity contribution in [3.05, 3.63) is 64.7 Å². The maximum absolute atomic E-state index is 6.12. The van der Waals surface area contributed by atoms with Gasteiger partial charge in [0.2, 0.25) is 5.88 Å². The van der Waals surface area contributed by atoms with Gasteiger partial charge < -0.3 is 4.74 Å². The van der Waals surface area contributed by atoms with Crippen molar-refractivity contribution in [1.29, 1.82) is 0 Å². The molecule has 1 aromatic carbocycles. The summed E-state index contributed by atoms with van der Waals surface area (Å²) in [5.41, 5.74) is 3.66. The zero-order chi connectivity index (χ0) is 16.0. The number of thiophene rings is 1. The minimum Gasteiger partial charge on any atom is -0.438 e. The van der Waals surface area contributed by atoms with Crippen molar-refractivity contribution >= 4 is 11.3 Å². The van der Waals surface area contributed by atoms with E-state index >= 15 is 0 Å². The topological polar surface area (TPSA) is 22.1 Å². The number of rotatable bonds is 2. The largest absolute Gasteiger partial charge is 0.438 e. The molecular weight excluding hydrogens is 302 g/mol. The molecule has 0 radical (unpaired) electrons. The molecule has 0 N–H and O–H groups in total. The second-order valence-electron chi connectivity index (χ2n) is 6.38. The lowest BCUT2D eigenvalue weighted by atomic mass is 9.81. The van der Waals surface area contributed by atoms with Crippen LogP contribution in [0, 0.1) is 12.8 Å². The van der Waals surface area contributed by atoms with Crippen LogP contribution in [0.1, 0.15) is 35.8 Å². The summed E-state index contributed by atoms with van der Waals surface area (Å²) in [5, 5.41) is 0. The minimum absolute atomic E-state index is 0.335. The Balaban J connectivity index is 1.84. The predicted octanol–water partition coefficient (Wildman–Crippen LogP) is 6.01. The molecule has 0 bridgehead atoms. The second-order valence-corrected chi connectivity index (χ2v) is 7.67. The zero-order valence-electron chi connectivity index (χ0n) is 13.5. The van der Waals surface area contributed by atoms with Gasteiger partial charge in [-0.15, -0.1) is 11.3 Å². The van der Waals surface area contributed by atoms with E-state index in [0.717, 1.165) is 11.6 Å². The fourth-order valence-corrected chi connectivity index (χ4v) is 4.20. The molecule has 3 heteroatoms. The van der Waals surface area contributed by atoms with E-state index in [4.69, 9.17) is 4.74 Å². The Labute approximate surface area is 140 Å². The average Bonchev–Trinajstić information content (AvgIpc) is 2.98. The molecule has 0 fully saturated rings. The van der Waals surface area contributed by atoms with Gasteiger partial charge in [0.1, 0.15) is 5.75 Å². The summed E-state index contributed by atoms with van der Waals surface area (Å²) in [6.07, 6.45) is 1.80. The number of benzene rings is 1. The summed E-state index contributed by atoms with van der Waals surface area (Å²) in [7, 11) is 0. The molecule has 0 aliphatic carbocycles. The highest BCUT2D eigenvalue weighted by molar-refractivity contribution is 7.15. The zero-order valence-corrected chi connectivity index (χ0v) is 14.4. The number of hydrogen-bond donors (Lipinski definition) is 0. The van der Waals surface area contributed by atoms with Gasteiger partial charge in [0, 0.05) is 33.0 Å². The summed E-state index contributed by atoms with van der Waals surface area (Å²) in [6.45, 7) is 6.65. The summed E-state index contributed by atoms with van der Waals surface area (Å²) >= 11 is 1.81. The fraction of sp³-hybridized carbons (Fsp3) is 0.250. The van der Waals surface area contributed by atoms with Crippen LogP contribution in [0.2, 0.25) is 0 Å². The monoisotopic (exact) mass is 321 g/mol. The normalized spacial score (nSPS) is 15.9. The molecule has 2 nitrogen and oxygen atoms in total. The van der Waals surface area contributed by atoms with Gasteiger partial charge in [-0.1, -0.05) is 32.0 Å². The molecule has 0 saturated heterocycles. The molecule has 0 spiro atoms. The second kappa shape index (κ2) is 5.50. The Morgan fingerprint density at radius 2 is 1.96 bits per heavy atom. The summed E-state index contributed by atoms with van der Waals surface area (Å²) in [6, 6.07) is 15.1. The molecule has 3 aromatic rings. The quantitative estimate of drug-likeness (QED) is 0.576. The van der Waals surface area contributed by atoms with Crippen molar-refractivity contribution in [2.75, 3.05) is 0 Å². The van der Waals surface area contributed by atoms with E-state index in [2.05, 4.69) is 62.2 Å². The third-order valence-electron chi connectivity index (χ3n) is 4.38. The van der Waals surface area contributed by atoms with Gasteiger partial charge in [0.25, 0.3) is 0 Å². The third-order valence-corrected chi connectivity index (χ3v) is 5.43. The van der Waals surface area contributed by atoms with Gasteiger partial charge in [-0.2, -0.15) is 0 Å². The molecule has 0 saturated carbocycles. The van der Waals surface area contributed by atoms with E-state index in [1.54, 1.807) is 6.20 Å². The Morgan fingerprint density at radius 1 is 1.09 bits per heavy atom. The van der Waals surface area contributed by atoms with Crippen molar-refractivity contribution in [3.8, 4) is 22.1 Å². The van der Waals surface area contributed by atoms with Gasteiger partial charge in [0.05, 0.1) is 0 Å². The molecule has 1 aliphatic heterocycles. The van der Waals surface area contributed by atoms with E-state index in [9.17, 15) is 0 Å². The molecule has 3 heterocycles. The van der Waals surface area contributed by atoms with Crippen LogP contribution in [0.4, 0.5) is 0 Å². The molecule has 2 aromatic heterocycles. The van der Waals surface area contributed by atoms with Crippen LogP contribution in [0.5, 0.6) is 11.6 Å².